The van der Waals surface area contributed by atoms with Crippen LogP contribution in [0.15, 0.2) is 30.6 Å². The summed E-state index contributed by atoms with van der Waals surface area (Å²) in [6.45, 7) is 8.92. The Morgan fingerprint density at radius 3 is 2.37 bits per heavy atom. The van der Waals surface area contributed by atoms with E-state index in [0.717, 1.165) is 35.2 Å². The topological polar surface area (TPSA) is 38.0 Å². The van der Waals surface area contributed by atoms with Gasteiger partial charge < -0.3 is 5.11 Å². The first-order valence-corrected chi connectivity index (χ1v) is 6.77. The van der Waals surface area contributed by atoms with Crippen molar-refractivity contribution in [3.63, 3.8) is 0 Å². The summed E-state index contributed by atoms with van der Waals surface area (Å²) in [7, 11) is 0. The summed E-state index contributed by atoms with van der Waals surface area (Å²) in [5, 5.41) is 15.1. The quantitative estimate of drug-likeness (QED) is 0.914. The van der Waals surface area contributed by atoms with Gasteiger partial charge in [0.2, 0.25) is 0 Å². The molecule has 0 spiro atoms. The number of aromatic nitrogens is 2. The Hall–Kier alpha value is -1.61. The molecule has 0 aliphatic carbocycles. The summed E-state index contributed by atoms with van der Waals surface area (Å²) in [4.78, 5) is 0. The molecule has 0 aliphatic heterocycles. The van der Waals surface area contributed by atoms with E-state index in [-0.39, 0.29) is 0 Å². The van der Waals surface area contributed by atoms with E-state index in [2.05, 4.69) is 18.1 Å². The molecule has 102 valence electrons. The minimum atomic E-state index is -0.997. The highest BCUT2D eigenvalue weighted by Gasteiger charge is 2.27. The summed E-state index contributed by atoms with van der Waals surface area (Å²) in [5.41, 5.74) is 3.09. The molecule has 1 atom stereocenters. The molecule has 0 bridgehead atoms. The SMILES string of the molecule is CCCn1cc(C(C)(O)c2cc(C)cc(C)c2)cn1. The Labute approximate surface area is 114 Å². The third-order valence-corrected chi connectivity index (χ3v) is 3.43. The van der Waals surface area contributed by atoms with Crippen molar-refractivity contribution < 1.29 is 5.11 Å². The molecule has 0 amide bonds. The van der Waals surface area contributed by atoms with Gasteiger partial charge in [-0.15, -0.1) is 0 Å². The van der Waals surface area contributed by atoms with E-state index >= 15 is 0 Å². The normalized spacial score (nSPS) is 14.4. The molecule has 19 heavy (non-hydrogen) atoms. The predicted octanol–water partition coefficient (Wildman–Crippen LogP) is 3.17. The second-order valence-corrected chi connectivity index (χ2v) is 5.44. The molecule has 2 aromatic rings. The standard InChI is InChI=1S/C16H22N2O/c1-5-6-18-11-15(10-17-18)16(4,19)14-8-12(2)7-13(3)9-14/h7-11,19H,5-6H2,1-4H3. The van der Waals surface area contributed by atoms with Gasteiger partial charge in [0.1, 0.15) is 5.60 Å². The summed E-state index contributed by atoms with van der Waals surface area (Å²) in [5.74, 6) is 0. The second-order valence-electron chi connectivity index (χ2n) is 5.44. The van der Waals surface area contributed by atoms with Crippen LogP contribution >= 0.6 is 0 Å². The molecular weight excluding hydrogens is 236 g/mol. The molecule has 0 saturated carbocycles. The summed E-state index contributed by atoms with van der Waals surface area (Å²) >= 11 is 0. The van der Waals surface area contributed by atoms with E-state index in [1.165, 1.54) is 0 Å². The number of nitrogens with zero attached hydrogens (tertiary/aromatic N) is 2. The van der Waals surface area contributed by atoms with Crippen LogP contribution in [0.2, 0.25) is 0 Å². The fraction of sp³-hybridized carbons (Fsp3) is 0.438. The molecule has 3 heteroatoms. The predicted molar refractivity (Wildman–Crippen MR) is 77.1 cm³/mol. The van der Waals surface area contributed by atoms with Crippen molar-refractivity contribution in [3.05, 3.63) is 52.8 Å². The number of hydrogen-bond acceptors (Lipinski definition) is 2. The first kappa shape index (κ1) is 13.8. The van der Waals surface area contributed by atoms with Crippen molar-refractivity contribution in [2.24, 2.45) is 0 Å². The zero-order valence-electron chi connectivity index (χ0n) is 12.1. The molecule has 0 saturated heterocycles. The molecule has 0 radical (unpaired) electrons. The minimum absolute atomic E-state index is 0.839. The van der Waals surface area contributed by atoms with Gasteiger partial charge in [0.25, 0.3) is 0 Å². The van der Waals surface area contributed by atoms with Gasteiger partial charge in [0, 0.05) is 18.3 Å². The van der Waals surface area contributed by atoms with Gasteiger partial charge in [-0.2, -0.15) is 5.10 Å². The second kappa shape index (κ2) is 5.17. The van der Waals surface area contributed by atoms with Crippen LogP contribution in [0.5, 0.6) is 0 Å². The first-order valence-electron chi connectivity index (χ1n) is 6.77. The lowest BCUT2D eigenvalue weighted by molar-refractivity contribution is 0.102. The third-order valence-electron chi connectivity index (χ3n) is 3.43. The molecule has 1 N–H and O–H groups in total. The van der Waals surface area contributed by atoms with Crippen molar-refractivity contribution in [1.29, 1.82) is 0 Å². The van der Waals surface area contributed by atoms with Crippen LogP contribution in [-0.2, 0) is 12.1 Å². The van der Waals surface area contributed by atoms with Crippen molar-refractivity contribution in [1.82, 2.24) is 9.78 Å². The molecular formula is C16H22N2O. The highest BCUT2D eigenvalue weighted by Crippen LogP contribution is 2.30. The van der Waals surface area contributed by atoms with Crippen LogP contribution in [0.3, 0.4) is 0 Å². The van der Waals surface area contributed by atoms with E-state index in [9.17, 15) is 5.11 Å². The zero-order chi connectivity index (χ0) is 14.0. The van der Waals surface area contributed by atoms with Crippen LogP contribution in [0.1, 0.15) is 42.5 Å². The van der Waals surface area contributed by atoms with E-state index in [0.29, 0.717) is 0 Å². The van der Waals surface area contributed by atoms with Crippen LogP contribution < -0.4 is 0 Å². The lowest BCUT2D eigenvalue weighted by Gasteiger charge is -2.23. The first-order chi connectivity index (χ1) is 8.93. The monoisotopic (exact) mass is 258 g/mol. The van der Waals surface area contributed by atoms with E-state index in [1.807, 2.05) is 43.8 Å². The number of rotatable bonds is 4. The fourth-order valence-corrected chi connectivity index (χ4v) is 2.39. The van der Waals surface area contributed by atoms with Crippen molar-refractivity contribution in [2.75, 3.05) is 0 Å². The lowest BCUT2D eigenvalue weighted by atomic mass is 9.88. The van der Waals surface area contributed by atoms with Gasteiger partial charge in [-0.3, -0.25) is 4.68 Å². The molecule has 1 aromatic heterocycles. The Kier molecular flexibility index (Phi) is 3.76. The Morgan fingerprint density at radius 2 is 1.79 bits per heavy atom. The minimum Gasteiger partial charge on any atom is -0.381 e. The Bertz CT molecular complexity index is 550. The molecule has 0 aliphatic rings. The highest BCUT2D eigenvalue weighted by atomic mass is 16.3. The zero-order valence-corrected chi connectivity index (χ0v) is 12.1. The maximum Gasteiger partial charge on any atom is 0.115 e. The number of hydrogen-bond donors (Lipinski definition) is 1. The van der Waals surface area contributed by atoms with Gasteiger partial charge in [-0.1, -0.05) is 36.2 Å². The maximum absolute atomic E-state index is 10.8. The van der Waals surface area contributed by atoms with Crippen molar-refractivity contribution in [3.8, 4) is 0 Å². The average Bonchev–Trinajstić information content (AvgIpc) is 2.77. The Morgan fingerprint density at radius 1 is 1.16 bits per heavy atom. The molecule has 0 fully saturated rings. The van der Waals surface area contributed by atoms with Crippen LogP contribution in [-0.4, -0.2) is 14.9 Å². The van der Waals surface area contributed by atoms with Gasteiger partial charge >= 0.3 is 0 Å². The highest BCUT2D eigenvalue weighted by molar-refractivity contribution is 5.38. The van der Waals surface area contributed by atoms with Gasteiger partial charge in [0.05, 0.1) is 6.20 Å². The van der Waals surface area contributed by atoms with Crippen LogP contribution in [0.4, 0.5) is 0 Å². The number of aliphatic hydroxyl groups is 1. The fourth-order valence-electron chi connectivity index (χ4n) is 2.39. The average molecular weight is 258 g/mol. The molecule has 2 rings (SSSR count). The van der Waals surface area contributed by atoms with E-state index < -0.39 is 5.60 Å². The van der Waals surface area contributed by atoms with Crippen molar-refractivity contribution in [2.45, 2.75) is 46.3 Å². The van der Waals surface area contributed by atoms with E-state index in [4.69, 9.17) is 0 Å². The van der Waals surface area contributed by atoms with Gasteiger partial charge in [0.15, 0.2) is 0 Å². The van der Waals surface area contributed by atoms with Gasteiger partial charge in [-0.05, 0) is 32.8 Å². The smallest absolute Gasteiger partial charge is 0.115 e. The molecule has 1 heterocycles. The number of benzene rings is 1. The van der Waals surface area contributed by atoms with E-state index in [1.54, 1.807) is 6.20 Å². The molecule has 3 nitrogen and oxygen atoms in total. The Balaban J connectivity index is 2.39. The van der Waals surface area contributed by atoms with Crippen molar-refractivity contribution >= 4 is 0 Å². The largest absolute Gasteiger partial charge is 0.381 e. The van der Waals surface area contributed by atoms with Gasteiger partial charge in [-0.25, -0.2) is 0 Å². The summed E-state index contributed by atoms with van der Waals surface area (Å²) < 4.78 is 1.88. The summed E-state index contributed by atoms with van der Waals surface area (Å²) in [6, 6.07) is 6.18. The molecule has 1 unspecified atom stereocenters. The number of aryl methyl sites for hydroxylation is 3. The molecule has 1 aromatic carbocycles. The van der Waals surface area contributed by atoms with Crippen LogP contribution in [0, 0.1) is 13.8 Å². The summed E-state index contributed by atoms with van der Waals surface area (Å²) in [6.07, 6.45) is 4.72. The maximum atomic E-state index is 10.8. The van der Waals surface area contributed by atoms with Crippen LogP contribution in [0.25, 0.3) is 0 Å². The lowest BCUT2D eigenvalue weighted by Crippen LogP contribution is -2.22. The third kappa shape index (κ3) is 2.87.